The van der Waals surface area contributed by atoms with Crippen molar-refractivity contribution in [3.63, 3.8) is 0 Å². The van der Waals surface area contributed by atoms with Gasteiger partial charge in [-0.1, -0.05) is 11.6 Å². The fraction of sp³-hybridized carbons (Fsp3) is 0.200. The summed E-state index contributed by atoms with van der Waals surface area (Å²) in [6.07, 6.45) is 1.08. The van der Waals surface area contributed by atoms with Gasteiger partial charge >= 0.3 is 0 Å². The zero-order valence-corrected chi connectivity index (χ0v) is 5.24. The second-order valence-electron chi connectivity index (χ2n) is 1.64. The average molecular weight is 150 g/mol. The van der Waals surface area contributed by atoms with Crippen molar-refractivity contribution in [3.8, 4) is 0 Å². The first-order valence-corrected chi connectivity index (χ1v) is 2.76. The summed E-state index contributed by atoms with van der Waals surface area (Å²) in [4.78, 5) is 0. The van der Waals surface area contributed by atoms with Crippen molar-refractivity contribution >= 4 is 11.6 Å². The molecule has 0 aliphatic carbocycles. The molecule has 1 heterocycles. The third-order valence-electron chi connectivity index (χ3n) is 0.934. The molecular weight excluding hydrogens is 145 g/mol. The van der Waals surface area contributed by atoms with Gasteiger partial charge < -0.3 is 10.4 Å². The molecule has 2 N–H and O–H groups in total. The lowest BCUT2D eigenvalue weighted by Crippen LogP contribution is -2.18. The van der Waals surface area contributed by atoms with Gasteiger partial charge in [0.15, 0.2) is 5.83 Å². The maximum Gasteiger partial charge on any atom is 0.221 e. The number of hydrogen-bond acceptors (Lipinski definition) is 2. The summed E-state index contributed by atoms with van der Waals surface area (Å²) in [5.41, 5.74) is 0. The van der Waals surface area contributed by atoms with Gasteiger partial charge in [0.1, 0.15) is 0 Å². The van der Waals surface area contributed by atoms with Crippen LogP contribution in [-0.4, -0.2) is 11.7 Å². The lowest BCUT2D eigenvalue weighted by molar-refractivity contribution is 0.342. The Labute approximate surface area is 56.6 Å². The van der Waals surface area contributed by atoms with Gasteiger partial charge in [-0.2, -0.15) is 0 Å². The number of dihydropyridines is 1. The summed E-state index contributed by atoms with van der Waals surface area (Å²) >= 11 is 5.39. The molecule has 9 heavy (non-hydrogen) atoms. The van der Waals surface area contributed by atoms with Crippen LogP contribution < -0.4 is 5.32 Å². The maximum atomic E-state index is 12.2. The first-order chi connectivity index (χ1) is 4.20. The molecule has 1 aliphatic heterocycles. The summed E-state index contributed by atoms with van der Waals surface area (Å²) in [5.74, 6) is -1.16. The number of allylic oxidation sites excluding steroid dienone is 2. The number of nitrogens with one attached hydrogen (secondary N) is 1. The lowest BCUT2D eigenvalue weighted by atomic mass is 10.3. The lowest BCUT2D eigenvalue weighted by Gasteiger charge is -2.08. The summed E-state index contributed by atoms with van der Waals surface area (Å²) in [6.45, 7) is 0.292. The van der Waals surface area contributed by atoms with Crippen LogP contribution in [0.2, 0.25) is 0 Å². The monoisotopic (exact) mass is 149 g/mol. The second-order valence-corrected chi connectivity index (χ2v) is 2.13. The number of halogens is 2. The molecule has 0 saturated carbocycles. The van der Waals surface area contributed by atoms with Crippen LogP contribution in [0.25, 0.3) is 0 Å². The molecule has 1 aliphatic rings. The van der Waals surface area contributed by atoms with E-state index in [0.29, 0.717) is 11.6 Å². The topological polar surface area (TPSA) is 32.3 Å². The summed E-state index contributed by atoms with van der Waals surface area (Å²) in [7, 11) is 0. The van der Waals surface area contributed by atoms with Crippen LogP contribution in [0.15, 0.2) is 22.8 Å². The average Bonchev–Trinajstić information content (AvgIpc) is 1.80. The second kappa shape index (κ2) is 2.27. The van der Waals surface area contributed by atoms with E-state index in [1.165, 1.54) is 0 Å². The minimum Gasteiger partial charge on any atom is -0.493 e. The van der Waals surface area contributed by atoms with Gasteiger partial charge in [0.25, 0.3) is 0 Å². The van der Waals surface area contributed by atoms with Crippen molar-refractivity contribution in [1.29, 1.82) is 0 Å². The molecule has 0 saturated heterocycles. The van der Waals surface area contributed by atoms with Crippen LogP contribution in [0.1, 0.15) is 0 Å². The summed E-state index contributed by atoms with van der Waals surface area (Å²) < 4.78 is 12.2. The molecule has 0 aromatic carbocycles. The zero-order chi connectivity index (χ0) is 6.85. The third-order valence-corrected chi connectivity index (χ3v) is 1.18. The zero-order valence-electron chi connectivity index (χ0n) is 4.49. The highest BCUT2D eigenvalue weighted by atomic mass is 35.5. The Balaban J connectivity index is 2.83. The van der Waals surface area contributed by atoms with Crippen molar-refractivity contribution in [1.82, 2.24) is 5.32 Å². The molecule has 0 spiro atoms. The van der Waals surface area contributed by atoms with Gasteiger partial charge in [-0.15, -0.1) is 0 Å². The third kappa shape index (κ3) is 1.36. The molecule has 0 radical (unpaired) electrons. The van der Waals surface area contributed by atoms with Gasteiger partial charge in [0.05, 0.1) is 6.54 Å². The van der Waals surface area contributed by atoms with Gasteiger partial charge in [-0.05, 0) is 6.08 Å². The van der Waals surface area contributed by atoms with E-state index < -0.39 is 11.7 Å². The van der Waals surface area contributed by atoms with E-state index in [9.17, 15) is 4.39 Å². The Morgan fingerprint density at radius 1 is 1.78 bits per heavy atom. The molecule has 0 bridgehead atoms. The Bertz CT molecular complexity index is 187. The van der Waals surface area contributed by atoms with E-state index in [0.717, 1.165) is 6.08 Å². The number of hydrogen-bond donors (Lipinski definition) is 2. The van der Waals surface area contributed by atoms with Crippen molar-refractivity contribution in [2.24, 2.45) is 0 Å². The van der Waals surface area contributed by atoms with Crippen LogP contribution in [0.3, 0.4) is 0 Å². The van der Waals surface area contributed by atoms with Gasteiger partial charge in [0, 0.05) is 5.03 Å². The highest BCUT2D eigenvalue weighted by Crippen LogP contribution is 2.13. The molecule has 0 unspecified atom stereocenters. The van der Waals surface area contributed by atoms with Crippen molar-refractivity contribution in [2.75, 3.05) is 6.54 Å². The highest BCUT2D eigenvalue weighted by molar-refractivity contribution is 6.30. The fourth-order valence-electron chi connectivity index (χ4n) is 0.509. The Hall–Kier alpha value is -0.700. The van der Waals surface area contributed by atoms with E-state index in [-0.39, 0.29) is 0 Å². The van der Waals surface area contributed by atoms with Crippen LogP contribution in [0.4, 0.5) is 4.39 Å². The van der Waals surface area contributed by atoms with Crippen LogP contribution in [-0.2, 0) is 0 Å². The number of rotatable bonds is 0. The molecule has 0 aromatic rings. The van der Waals surface area contributed by atoms with Crippen molar-refractivity contribution in [3.05, 3.63) is 22.8 Å². The number of aliphatic hydroxyl groups is 1. The van der Waals surface area contributed by atoms with Crippen LogP contribution in [0.5, 0.6) is 0 Å². The van der Waals surface area contributed by atoms with E-state index in [1.54, 1.807) is 0 Å². The van der Waals surface area contributed by atoms with Gasteiger partial charge in [0.2, 0.25) is 5.88 Å². The molecule has 0 atom stereocenters. The normalized spacial score (nSPS) is 19.1. The molecule has 2 nitrogen and oxygen atoms in total. The Kier molecular flexibility index (Phi) is 1.62. The predicted molar refractivity (Wildman–Crippen MR) is 32.7 cm³/mol. The molecule has 1 rings (SSSR count). The quantitative estimate of drug-likeness (QED) is 0.546. The summed E-state index contributed by atoms with van der Waals surface area (Å²) in [5, 5.41) is 11.3. The van der Waals surface area contributed by atoms with Crippen LogP contribution >= 0.6 is 11.6 Å². The van der Waals surface area contributed by atoms with E-state index in [1.807, 2.05) is 0 Å². The van der Waals surface area contributed by atoms with Gasteiger partial charge in [-0.3, -0.25) is 0 Å². The minimum absolute atomic E-state index is 0.292. The molecule has 0 amide bonds. The van der Waals surface area contributed by atoms with Crippen LogP contribution in [0, 0.1) is 0 Å². The molecule has 50 valence electrons. The SMILES string of the molecule is OC1=C(F)C=C(Cl)CN1. The molecule has 0 aromatic heterocycles. The standard InChI is InChI=1S/C5H5ClFNO/c6-3-1-4(7)5(9)8-2-3/h1,8-9H,2H2. The molecule has 0 fully saturated rings. The Morgan fingerprint density at radius 3 is 2.89 bits per heavy atom. The first kappa shape index (κ1) is 6.42. The van der Waals surface area contributed by atoms with E-state index in [4.69, 9.17) is 16.7 Å². The van der Waals surface area contributed by atoms with E-state index >= 15 is 0 Å². The number of aliphatic hydroxyl groups excluding tert-OH is 1. The maximum absolute atomic E-state index is 12.2. The molecule has 4 heteroatoms. The predicted octanol–water partition coefficient (Wildman–Crippen LogP) is 1.41. The van der Waals surface area contributed by atoms with Gasteiger partial charge in [-0.25, -0.2) is 4.39 Å². The van der Waals surface area contributed by atoms with E-state index in [2.05, 4.69) is 5.32 Å². The highest BCUT2D eigenvalue weighted by Gasteiger charge is 2.08. The Morgan fingerprint density at radius 2 is 2.44 bits per heavy atom. The van der Waals surface area contributed by atoms with Crippen molar-refractivity contribution in [2.45, 2.75) is 0 Å². The summed E-state index contributed by atoms with van der Waals surface area (Å²) in [6, 6.07) is 0. The minimum atomic E-state index is -0.716. The fourth-order valence-corrected chi connectivity index (χ4v) is 0.672. The molecular formula is C5H5ClFNO. The van der Waals surface area contributed by atoms with Crippen molar-refractivity contribution < 1.29 is 9.50 Å². The first-order valence-electron chi connectivity index (χ1n) is 2.39. The largest absolute Gasteiger partial charge is 0.493 e. The smallest absolute Gasteiger partial charge is 0.221 e.